The van der Waals surface area contributed by atoms with E-state index in [0.29, 0.717) is 0 Å². The Bertz CT molecular complexity index is 476. The quantitative estimate of drug-likeness (QED) is 0.296. The van der Waals surface area contributed by atoms with E-state index in [4.69, 9.17) is 0 Å². The van der Waals surface area contributed by atoms with Crippen LogP contribution in [0.3, 0.4) is 0 Å². The Morgan fingerprint density at radius 3 is 0.731 bits per heavy atom. The van der Waals surface area contributed by atoms with Crippen LogP contribution in [0, 0.1) is 0 Å². The van der Waals surface area contributed by atoms with Crippen molar-refractivity contribution in [2.24, 2.45) is 0 Å². The van der Waals surface area contributed by atoms with E-state index in [1.54, 1.807) is 0 Å². The minimum absolute atomic E-state index is 7.95. The summed E-state index contributed by atoms with van der Waals surface area (Å²) in [7, 11) is 0. The molecule has 19 heteroatoms. The zero-order chi connectivity index (χ0) is 22.0. The smallest absolute Gasteiger partial charge is 0.189 e. The molecule has 0 aliphatic carbocycles. The maximum Gasteiger partial charge on any atom is 0.581 e. The van der Waals surface area contributed by atoms with E-state index in [0.717, 1.165) is 0 Å². The third kappa shape index (κ3) is 2.81. The maximum absolute atomic E-state index is 13.1. The molecule has 158 valence electrons. The summed E-state index contributed by atoms with van der Waals surface area (Å²) in [6.45, 7) is 0. The Balaban J connectivity index is 7.31. The Morgan fingerprint density at radius 2 is 0.577 bits per heavy atom. The molecule has 0 bridgehead atoms. The van der Waals surface area contributed by atoms with Gasteiger partial charge in [0.2, 0.25) is 0 Å². The maximum atomic E-state index is 13.1. The highest BCUT2D eigenvalue weighted by molar-refractivity contribution is 4.98. The van der Waals surface area contributed by atoms with Gasteiger partial charge >= 0.3 is 43.0 Å². The second-order valence-corrected chi connectivity index (χ2v) is 4.26. The van der Waals surface area contributed by atoms with Gasteiger partial charge in [0.25, 0.3) is 0 Å². The Labute approximate surface area is 128 Å². The van der Waals surface area contributed by atoms with Crippen molar-refractivity contribution in [2.45, 2.75) is 43.0 Å². The fourth-order valence-corrected chi connectivity index (χ4v) is 1.49. The van der Waals surface area contributed by atoms with Crippen LogP contribution in [0.1, 0.15) is 0 Å². The molecule has 0 aromatic carbocycles. The van der Waals surface area contributed by atoms with E-state index in [9.17, 15) is 79.0 Å². The largest absolute Gasteiger partial charge is 0.581 e. The van der Waals surface area contributed by atoms with Gasteiger partial charge in [0.1, 0.15) is 0 Å². The van der Waals surface area contributed by atoms with Crippen LogP contribution in [0.4, 0.5) is 79.0 Å². The number of hydrogen-bond donors (Lipinski definition) is 0. The summed E-state index contributed by atoms with van der Waals surface area (Å²) in [5.41, 5.74) is 0. The number of hydrogen-bond acceptors (Lipinski definition) is 0. The first kappa shape index (κ1) is 24.7. The fourth-order valence-electron chi connectivity index (χ4n) is 1.49. The summed E-state index contributed by atoms with van der Waals surface area (Å²) in [6, 6.07) is -9.14. The molecule has 0 amide bonds. The van der Waals surface area contributed by atoms with Gasteiger partial charge in [-0.05, 0) is 0 Å². The predicted octanol–water partition coefficient (Wildman–Crippen LogP) is 5.79. The van der Waals surface area contributed by atoms with E-state index in [-0.39, 0.29) is 0 Å². The molecular weight excluding hydrogens is 440 g/mol. The van der Waals surface area contributed by atoms with Crippen molar-refractivity contribution in [3.05, 3.63) is 0 Å². The lowest BCUT2D eigenvalue weighted by Crippen LogP contribution is -2.85. The molecule has 0 unspecified atom stereocenters. The van der Waals surface area contributed by atoms with Crippen LogP contribution in [-0.4, -0.2) is 47.5 Å². The van der Waals surface area contributed by atoms with Gasteiger partial charge < -0.3 is 0 Å². The van der Waals surface area contributed by atoms with Crippen molar-refractivity contribution in [3.63, 3.8) is 0 Å². The fraction of sp³-hybridized carbons (Fsp3) is 1.00. The molecule has 1 nitrogen and oxygen atoms in total. The molecule has 0 rings (SSSR count). The van der Waals surface area contributed by atoms with Gasteiger partial charge in [0.15, 0.2) is 0 Å². The summed E-state index contributed by atoms with van der Waals surface area (Å²) >= 11 is 0. The third-order valence-corrected chi connectivity index (χ3v) is 2.69. The average molecular weight is 440 g/mol. The van der Waals surface area contributed by atoms with E-state index >= 15 is 0 Å². The SMILES string of the molecule is FC(F)(F)C(F)(F)C(F)(F)C(F)(F)[N+](C(F)(F)F)(C(F)(F)F)C(F)(F)F. The lowest BCUT2D eigenvalue weighted by Gasteiger charge is -2.46. The number of rotatable bonds is 3. The number of quaternary nitrogens is 1. The van der Waals surface area contributed by atoms with Crippen LogP contribution in [0.2, 0.25) is 0 Å². The third-order valence-electron chi connectivity index (χ3n) is 2.69. The lowest BCUT2D eigenvalue weighted by molar-refractivity contribution is -1.22. The van der Waals surface area contributed by atoms with Gasteiger partial charge in [-0.15, -0.1) is 48.3 Å². The minimum atomic E-state index is -9.14. The summed E-state index contributed by atoms with van der Waals surface area (Å²) in [5.74, 6) is -17.3. The first-order valence-electron chi connectivity index (χ1n) is 5.05. The molecule has 0 saturated heterocycles. The van der Waals surface area contributed by atoms with Gasteiger partial charge in [-0.25, -0.2) is 0 Å². The molecule has 0 N–H and O–H groups in total. The van der Waals surface area contributed by atoms with E-state index < -0.39 is 47.5 Å². The highest BCUT2D eigenvalue weighted by Crippen LogP contribution is 2.65. The van der Waals surface area contributed by atoms with Crippen molar-refractivity contribution in [1.29, 1.82) is 0 Å². The average Bonchev–Trinajstić information content (AvgIpc) is 2.19. The molecule has 0 spiro atoms. The van der Waals surface area contributed by atoms with Crippen LogP contribution in [-0.2, 0) is 0 Å². The number of nitrogens with zero attached hydrogens (tertiary/aromatic N) is 1. The Hall–Kier alpha value is -1.30. The standard InChI is InChI=1S/C7F18N/c8-1(9,3(12,13)14)2(10,11)4(15,16)26(5(17,18)19,6(20,21)22)7(23,24)25/q+1. The normalized spacial score (nSPS) is 16.8. The first-order valence-corrected chi connectivity index (χ1v) is 5.05. The van der Waals surface area contributed by atoms with Gasteiger partial charge in [-0.3, -0.25) is 0 Å². The van der Waals surface area contributed by atoms with Crippen LogP contribution in [0.15, 0.2) is 0 Å². The first-order chi connectivity index (χ1) is 10.8. The highest BCUT2D eigenvalue weighted by Gasteiger charge is 3.02. The van der Waals surface area contributed by atoms with Crippen molar-refractivity contribution in [2.75, 3.05) is 0 Å². The summed E-state index contributed by atoms with van der Waals surface area (Å²) < 4.78 is 214. The second-order valence-electron chi connectivity index (χ2n) is 4.26. The van der Waals surface area contributed by atoms with Crippen LogP contribution in [0.25, 0.3) is 0 Å². The predicted molar refractivity (Wildman–Crippen MR) is 39.3 cm³/mol. The van der Waals surface area contributed by atoms with Crippen molar-refractivity contribution in [3.8, 4) is 0 Å². The highest BCUT2D eigenvalue weighted by atomic mass is 19.5. The topological polar surface area (TPSA) is 0 Å². The van der Waals surface area contributed by atoms with E-state index in [2.05, 4.69) is 0 Å². The van der Waals surface area contributed by atoms with Gasteiger partial charge in [0.05, 0.1) is 0 Å². The zero-order valence-corrected chi connectivity index (χ0v) is 10.8. The van der Waals surface area contributed by atoms with Crippen molar-refractivity contribution in [1.82, 2.24) is 0 Å². The van der Waals surface area contributed by atoms with Crippen molar-refractivity contribution < 1.29 is 83.5 Å². The molecule has 0 aliphatic rings. The molecular formula is C7F18N+. The Morgan fingerprint density at radius 1 is 0.346 bits per heavy atom. The van der Waals surface area contributed by atoms with E-state index in [1.165, 1.54) is 0 Å². The van der Waals surface area contributed by atoms with Gasteiger partial charge in [0, 0.05) is 4.48 Å². The van der Waals surface area contributed by atoms with Crippen LogP contribution in [0.5, 0.6) is 0 Å². The molecule has 0 heterocycles. The van der Waals surface area contributed by atoms with Gasteiger partial charge in [-0.1, -0.05) is 0 Å². The molecule has 0 radical (unpaired) electrons. The lowest BCUT2D eigenvalue weighted by atomic mass is 10.1. The number of halogens is 18. The van der Waals surface area contributed by atoms with Gasteiger partial charge in [-0.2, -0.15) is 30.7 Å². The Kier molecular flexibility index (Phi) is 5.32. The molecule has 0 atom stereocenters. The molecule has 0 aromatic heterocycles. The van der Waals surface area contributed by atoms with Crippen LogP contribution >= 0.6 is 0 Å². The molecule has 0 saturated carbocycles. The molecule has 0 fully saturated rings. The molecule has 0 aliphatic heterocycles. The summed E-state index contributed by atoms with van der Waals surface area (Å²) in [4.78, 5) is 0. The summed E-state index contributed by atoms with van der Waals surface area (Å²) in [6.07, 6.45) is -33.7. The molecule has 0 aromatic rings. The van der Waals surface area contributed by atoms with Crippen LogP contribution < -0.4 is 0 Å². The van der Waals surface area contributed by atoms with E-state index in [1.807, 2.05) is 0 Å². The zero-order valence-electron chi connectivity index (χ0n) is 10.8. The number of alkyl halides is 18. The second kappa shape index (κ2) is 5.60. The molecule has 26 heavy (non-hydrogen) atoms. The minimum Gasteiger partial charge on any atom is -0.189 e. The summed E-state index contributed by atoms with van der Waals surface area (Å²) in [5, 5.41) is 0. The monoisotopic (exact) mass is 440 g/mol. The van der Waals surface area contributed by atoms with Crippen molar-refractivity contribution >= 4 is 0 Å².